The molecular weight excluding hydrogens is 262 g/mol. The molecule has 1 aliphatic carbocycles. The predicted octanol–water partition coefficient (Wildman–Crippen LogP) is 0.636. The van der Waals surface area contributed by atoms with Crippen molar-refractivity contribution in [2.24, 2.45) is 5.41 Å². The van der Waals surface area contributed by atoms with E-state index in [2.05, 4.69) is 28.8 Å². The highest BCUT2D eigenvalue weighted by Gasteiger charge is 2.22. The summed E-state index contributed by atoms with van der Waals surface area (Å²) in [6.45, 7) is 6.29. The van der Waals surface area contributed by atoms with Gasteiger partial charge in [-0.25, -0.2) is 13.1 Å². The second-order valence-electron chi connectivity index (χ2n) is 6.62. The minimum Gasteiger partial charge on any atom is -0.314 e. The maximum Gasteiger partial charge on any atom is 0.211 e. The monoisotopic (exact) mass is 291 g/mol. The molecule has 6 heteroatoms. The molecule has 0 bridgehead atoms. The van der Waals surface area contributed by atoms with Crippen molar-refractivity contribution in [2.45, 2.75) is 39.2 Å². The zero-order valence-corrected chi connectivity index (χ0v) is 13.5. The van der Waals surface area contributed by atoms with Crippen LogP contribution in [-0.2, 0) is 10.0 Å². The topological polar surface area (TPSA) is 61.4 Å². The fraction of sp³-hybridized carbons (Fsp3) is 1.00. The van der Waals surface area contributed by atoms with Crippen molar-refractivity contribution in [3.8, 4) is 0 Å². The first kappa shape index (κ1) is 16.9. The SMILES string of the molecule is CN(C)CC(C)(C)CNS(=O)(=O)CCCNC1CC1. The summed E-state index contributed by atoms with van der Waals surface area (Å²) < 4.78 is 26.5. The summed E-state index contributed by atoms with van der Waals surface area (Å²) in [7, 11) is 0.863. The van der Waals surface area contributed by atoms with Gasteiger partial charge in [0.2, 0.25) is 10.0 Å². The molecule has 0 radical (unpaired) electrons. The van der Waals surface area contributed by atoms with Crippen LogP contribution >= 0.6 is 0 Å². The summed E-state index contributed by atoms with van der Waals surface area (Å²) in [6, 6.07) is 0.648. The molecule has 1 aliphatic rings. The Morgan fingerprint density at radius 1 is 1.26 bits per heavy atom. The molecule has 5 nitrogen and oxygen atoms in total. The van der Waals surface area contributed by atoms with Gasteiger partial charge in [-0.2, -0.15) is 0 Å². The molecule has 0 aromatic heterocycles. The Morgan fingerprint density at radius 3 is 2.42 bits per heavy atom. The molecule has 0 atom stereocenters. The Hall–Kier alpha value is -0.170. The maximum atomic E-state index is 11.9. The zero-order chi connectivity index (χ0) is 14.5. The lowest BCUT2D eigenvalue weighted by atomic mass is 9.93. The summed E-state index contributed by atoms with van der Waals surface area (Å²) >= 11 is 0. The van der Waals surface area contributed by atoms with Crippen LogP contribution in [0.3, 0.4) is 0 Å². The molecule has 19 heavy (non-hydrogen) atoms. The molecular formula is C13H29N3O2S. The van der Waals surface area contributed by atoms with Crippen molar-refractivity contribution in [2.75, 3.05) is 39.5 Å². The van der Waals surface area contributed by atoms with Gasteiger partial charge < -0.3 is 10.2 Å². The van der Waals surface area contributed by atoms with Crippen molar-refractivity contribution in [1.82, 2.24) is 14.9 Å². The molecule has 0 aliphatic heterocycles. The summed E-state index contributed by atoms with van der Waals surface area (Å²) in [5.74, 6) is 0.213. The second-order valence-corrected chi connectivity index (χ2v) is 8.55. The van der Waals surface area contributed by atoms with Crippen molar-refractivity contribution < 1.29 is 8.42 Å². The van der Waals surface area contributed by atoms with Crippen molar-refractivity contribution in [3.05, 3.63) is 0 Å². The smallest absolute Gasteiger partial charge is 0.211 e. The number of hydrogen-bond donors (Lipinski definition) is 2. The number of hydrogen-bond acceptors (Lipinski definition) is 4. The van der Waals surface area contributed by atoms with Crippen LogP contribution in [0.25, 0.3) is 0 Å². The Kier molecular flexibility index (Phi) is 6.23. The van der Waals surface area contributed by atoms with Crippen LogP contribution in [0.2, 0.25) is 0 Å². The lowest BCUT2D eigenvalue weighted by Crippen LogP contribution is -2.40. The Balaban J connectivity index is 2.20. The predicted molar refractivity (Wildman–Crippen MR) is 79.8 cm³/mol. The molecule has 114 valence electrons. The van der Waals surface area contributed by atoms with E-state index < -0.39 is 10.0 Å². The number of nitrogens with zero attached hydrogens (tertiary/aromatic N) is 1. The molecule has 1 rings (SSSR count). The van der Waals surface area contributed by atoms with Gasteiger partial charge in [0.05, 0.1) is 5.75 Å². The van der Waals surface area contributed by atoms with E-state index in [-0.39, 0.29) is 11.2 Å². The molecule has 0 heterocycles. The molecule has 0 aromatic rings. The molecule has 0 spiro atoms. The van der Waals surface area contributed by atoms with Crippen LogP contribution < -0.4 is 10.0 Å². The summed E-state index contributed by atoms with van der Waals surface area (Å²) in [5, 5.41) is 3.33. The van der Waals surface area contributed by atoms with E-state index >= 15 is 0 Å². The highest BCUT2D eigenvalue weighted by atomic mass is 32.2. The van der Waals surface area contributed by atoms with Gasteiger partial charge in [0.15, 0.2) is 0 Å². The van der Waals surface area contributed by atoms with E-state index in [9.17, 15) is 8.42 Å². The second kappa shape index (κ2) is 7.02. The third-order valence-electron chi connectivity index (χ3n) is 3.12. The first-order valence-electron chi connectivity index (χ1n) is 7.06. The molecule has 0 amide bonds. The first-order chi connectivity index (χ1) is 8.70. The molecule has 1 fully saturated rings. The van der Waals surface area contributed by atoms with E-state index in [0.717, 1.165) is 13.1 Å². The fourth-order valence-electron chi connectivity index (χ4n) is 2.15. The maximum absolute atomic E-state index is 11.9. The largest absolute Gasteiger partial charge is 0.314 e. The third-order valence-corrected chi connectivity index (χ3v) is 4.53. The average molecular weight is 291 g/mol. The zero-order valence-electron chi connectivity index (χ0n) is 12.7. The molecule has 1 saturated carbocycles. The van der Waals surface area contributed by atoms with Gasteiger partial charge in [-0.15, -0.1) is 0 Å². The van der Waals surface area contributed by atoms with Crippen LogP contribution in [0.5, 0.6) is 0 Å². The van der Waals surface area contributed by atoms with Crippen LogP contribution in [-0.4, -0.2) is 58.8 Å². The van der Waals surface area contributed by atoms with Gasteiger partial charge in [0, 0.05) is 19.1 Å². The minimum atomic E-state index is -3.14. The molecule has 2 N–H and O–H groups in total. The van der Waals surface area contributed by atoms with E-state index in [1.54, 1.807) is 0 Å². The van der Waals surface area contributed by atoms with Gasteiger partial charge in [-0.3, -0.25) is 0 Å². The first-order valence-corrected chi connectivity index (χ1v) is 8.71. The highest BCUT2D eigenvalue weighted by molar-refractivity contribution is 7.89. The van der Waals surface area contributed by atoms with Gasteiger partial charge in [-0.1, -0.05) is 13.8 Å². The van der Waals surface area contributed by atoms with Gasteiger partial charge >= 0.3 is 0 Å². The summed E-state index contributed by atoms with van der Waals surface area (Å²) in [4.78, 5) is 2.08. The van der Waals surface area contributed by atoms with E-state index in [4.69, 9.17) is 0 Å². The van der Waals surface area contributed by atoms with Crippen molar-refractivity contribution in [3.63, 3.8) is 0 Å². The van der Waals surface area contributed by atoms with Gasteiger partial charge in [0.25, 0.3) is 0 Å². The van der Waals surface area contributed by atoms with Crippen LogP contribution in [0.1, 0.15) is 33.1 Å². The van der Waals surface area contributed by atoms with Crippen LogP contribution in [0.15, 0.2) is 0 Å². The highest BCUT2D eigenvalue weighted by Crippen LogP contribution is 2.18. The van der Waals surface area contributed by atoms with E-state index in [1.807, 2.05) is 14.1 Å². The van der Waals surface area contributed by atoms with Gasteiger partial charge in [-0.05, 0) is 45.3 Å². The lowest BCUT2D eigenvalue weighted by molar-refractivity contribution is 0.242. The minimum absolute atomic E-state index is 0.0527. The summed E-state index contributed by atoms with van der Waals surface area (Å²) in [5.41, 5.74) is -0.0527. The normalized spacial score (nSPS) is 17.1. The quantitative estimate of drug-likeness (QED) is 0.580. The van der Waals surface area contributed by atoms with E-state index in [0.29, 0.717) is 19.0 Å². The third kappa shape index (κ3) is 8.57. The number of sulfonamides is 1. The lowest BCUT2D eigenvalue weighted by Gasteiger charge is -2.28. The number of nitrogens with one attached hydrogen (secondary N) is 2. The molecule has 0 unspecified atom stereocenters. The Morgan fingerprint density at radius 2 is 1.89 bits per heavy atom. The van der Waals surface area contributed by atoms with Crippen molar-refractivity contribution in [1.29, 1.82) is 0 Å². The van der Waals surface area contributed by atoms with Crippen LogP contribution in [0.4, 0.5) is 0 Å². The average Bonchev–Trinajstić information content (AvgIpc) is 3.04. The molecule has 0 saturated heterocycles. The Labute approximate surface area is 118 Å². The van der Waals surface area contributed by atoms with Crippen LogP contribution in [0, 0.1) is 5.41 Å². The Bertz CT molecular complexity index is 362. The molecule has 0 aromatic carbocycles. The van der Waals surface area contributed by atoms with Gasteiger partial charge in [0.1, 0.15) is 0 Å². The fourth-order valence-corrected chi connectivity index (χ4v) is 3.42. The van der Waals surface area contributed by atoms with Crippen molar-refractivity contribution >= 4 is 10.0 Å². The number of rotatable bonds is 10. The summed E-state index contributed by atoms with van der Waals surface area (Å²) in [6.07, 6.45) is 3.16. The van der Waals surface area contributed by atoms with E-state index in [1.165, 1.54) is 12.8 Å². The standard InChI is InChI=1S/C13H29N3O2S/c1-13(2,11-16(3)4)10-15-19(17,18)9-5-8-14-12-6-7-12/h12,14-15H,5-11H2,1-4H3.